The molecule has 40 nitrogen and oxygen atoms in total. The second kappa shape index (κ2) is 61.7. The number of hydrogen-bond donors (Lipinski definition) is 7. The number of aromatic nitrogens is 5. The number of anilines is 5. The Kier molecular flexibility index (Phi) is 57.5. The van der Waals surface area contributed by atoms with E-state index < -0.39 is 90.3 Å². The van der Waals surface area contributed by atoms with Gasteiger partial charge in [-0.2, -0.15) is 21.0 Å². The normalized spacial score (nSPS) is 13.1. The number of rotatable bonds is 14. The molecule has 765 valence electrons. The fourth-order valence-corrected chi connectivity index (χ4v) is 15.7. The zero-order chi connectivity index (χ0) is 109. The van der Waals surface area contributed by atoms with Crippen molar-refractivity contribution in [3.63, 3.8) is 0 Å². The van der Waals surface area contributed by atoms with Crippen LogP contribution >= 0.6 is 102 Å². The standard InChI is InChI=1S/C14H22BNO4S.C12H17BrN2O3.C8H10INO2S.C8H9NO4S.C8H11NO2S.C7H5BrN2O.C7H6BrNO2.C6H12BO2.C6H4BrN3.C6H3BrN2O.C6H5N3.CH4O2S.Na/c1-13(2)14(3,4)20-15(19-13)11-8-10(6-7-12(11)16)9-21(5,17)18;1-12(2,3)18-11(17)14-6-8-5-10(16)15(4)7-9(8)13;1-13(11,12)5-6-2-3-8(10)7(9)4-6;1-14(12,13)6-7-2-4-8(5-3-7)9(10)11;1-12(10,11)6-7-2-4-8(9)5-3-7;1-10-4-6(8)5(3-9)2-7(10)11;8-5-6-1-3-7(4-2-6)9(10)11;1-5(2)6(3,4)9-7-8-5;7-5-3-10-6(9)1-4(5)2-8;7-5-3-9-6(10)1-4(5)2-8;7-4-5-1-2-9-6(8)3-5;1-4(2)3;/h6-8H,9,16H2,1-5H3;5,7H,6H2,1-4H3,(H,14,17);2-4H,5,10H2,1H3;2-5H,6H2,1H3;2-5H,6,9H2,1H3;2,4H,1H3;1-4H,5H2;1-4H3;1,3H,(H2,9,10);1,3H,(H,9,10);1-3H,(H2,8,9);1H3,(H,2,3);/q;;;;;;;;;;;;+1/p-1. The number of alkyl halides is 1. The van der Waals surface area contributed by atoms with Gasteiger partial charge in [0.2, 0.25) is 5.56 Å². The van der Waals surface area contributed by atoms with Gasteiger partial charge in [0.25, 0.3) is 22.5 Å². The number of alkyl carbamates (subject to hydrolysis) is 1. The smallest absolute Gasteiger partial charge is 0.773 e. The minimum absolute atomic E-state index is 0. The molecule has 2 aliphatic rings. The second-order valence-electron chi connectivity index (χ2n) is 33.2. The Morgan fingerprint density at radius 3 is 1.34 bits per heavy atom. The number of amides is 1. The summed E-state index contributed by atoms with van der Waals surface area (Å²) in [6, 6.07) is 45.5. The van der Waals surface area contributed by atoms with Crippen molar-refractivity contribution in [2.45, 2.75) is 139 Å². The molecule has 7 heterocycles. The number of nitro benzene ring substituents is 2. The molecule has 2 aliphatic heterocycles. The van der Waals surface area contributed by atoms with Gasteiger partial charge in [-0.05, 0) is 251 Å². The van der Waals surface area contributed by atoms with Gasteiger partial charge in [0, 0.05) is 155 Å². The third-order valence-corrected chi connectivity index (χ3v) is 25.9. The zero-order valence-electron chi connectivity index (χ0n) is 81.2. The van der Waals surface area contributed by atoms with Gasteiger partial charge in [-0.3, -0.25) is 38.8 Å². The van der Waals surface area contributed by atoms with Crippen LogP contribution in [-0.2, 0) is 123 Å². The molecule has 0 saturated carbocycles. The van der Waals surface area contributed by atoms with Gasteiger partial charge in [-0.1, -0.05) is 81.6 Å². The van der Waals surface area contributed by atoms with Gasteiger partial charge >= 0.3 is 50.5 Å². The molecule has 1 atom stereocenters. The molecule has 1 amide bonds. The summed E-state index contributed by atoms with van der Waals surface area (Å²) in [7, 11) is -7.93. The number of H-pyrrole nitrogens is 1. The summed E-state index contributed by atoms with van der Waals surface area (Å²) in [5.41, 5.74) is 34.2. The Labute approximate surface area is 912 Å². The molecule has 12 rings (SSSR count). The van der Waals surface area contributed by atoms with E-state index in [1.165, 1.54) is 121 Å². The number of halogens is 6. The van der Waals surface area contributed by atoms with Crippen molar-refractivity contribution in [3.05, 3.63) is 305 Å². The van der Waals surface area contributed by atoms with Crippen LogP contribution in [0.2, 0.25) is 0 Å². The molecule has 12 N–H and O–H groups in total. The number of nitrogens with one attached hydrogen (secondary N) is 2. The largest absolute Gasteiger partial charge is 1.00 e. The van der Waals surface area contributed by atoms with Gasteiger partial charge < -0.3 is 76.0 Å². The number of non-ortho nitro benzene ring substituents is 2. The van der Waals surface area contributed by atoms with Gasteiger partial charge in [0.05, 0.1) is 97.0 Å². The van der Waals surface area contributed by atoms with Gasteiger partial charge in [-0.25, -0.2) is 48.4 Å². The summed E-state index contributed by atoms with van der Waals surface area (Å²) in [6.45, 7) is 21.5. The Morgan fingerprint density at radius 1 is 0.566 bits per heavy atom. The number of nitriles is 4. The first-order valence-corrected chi connectivity index (χ1v) is 55.6. The number of nitrogen functional groups attached to an aromatic ring is 5. The Balaban J connectivity index is 0.00000156. The van der Waals surface area contributed by atoms with Crippen LogP contribution in [0, 0.1) is 69.1 Å². The van der Waals surface area contributed by atoms with E-state index in [1.807, 2.05) is 79.7 Å². The van der Waals surface area contributed by atoms with E-state index in [4.69, 9.17) is 81.8 Å². The number of benzene rings is 5. The number of aryl methyl sites for hydroxylation is 2. The number of nitrogens with zero attached hydrogens (tertiary/aromatic N) is 10. The monoisotopic (exact) mass is 2510 g/mol. The summed E-state index contributed by atoms with van der Waals surface area (Å²) < 4.78 is 140. The fraction of sp³-hybridized carbons (Fsp3) is 0.326. The average molecular weight is 2510 g/mol. The Hall–Kier alpha value is -9.71. The molecule has 5 aromatic carbocycles. The average Bonchev–Trinajstić information content (AvgIpc) is 1.61. The topological polar surface area (TPSA) is 666 Å². The van der Waals surface area contributed by atoms with E-state index in [2.05, 4.69) is 123 Å². The van der Waals surface area contributed by atoms with Crippen molar-refractivity contribution in [1.29, 1.82) is 21.0 Å². The summed E-state index contributed by atoms with van der Waals surface area (Å²) in [5, 5.41) is 57.5. The predicted molar refractivity (Wildman–Crippen MR) is 575 cm³/mol. The first-order valence-electron chi connectivity index (χ1n) is 40.6. The van der Waals surface area contributed by atoms with Crippen molar-refractivity contribution in [1.82, 2.24) is 29.4 Å². The molecule has 2 fully saturated rings. The number of hydrogen-bond acceptors (Lipinski definition) is 34. The maximum absolute atomic E-state index is 11.5. The first-order chi connectivity index (χ1) is 65.2. The molecule has 0 aliphatic carbocycles. The van der Waals surface area contributed by atoms with Crippen LogP contribution in [-0.4, -0.2) is 157 Å². The van der Waals surface area contributed by atoms with E-state index in [0.29, 0.717) is 86.5 Å². The van der Waals surface area contributed by atoms with Crippen LogP contribution in [0.3, 0.4) is 0 Å². The third kappa shape index (κ3) is 54.9. The van der Waals surface area contributed by atoms with Crippen molar-refractivity contribution in [3.8, 4) is 24.3 Å². The summed E-state index contributed by atoms with van der Waals surface area (Å²) in [6.07, 6.45) is 13.0. The second-order valence-corrected chi connectivity index (χ2v) is 47.7. The molecule has 2 saturated heterocycles. The third-order valence-electron chi connectivity index (χ3n) is 18.3. The number of sulfone groups is 4. The molecular weight excluding hydrogens is 2410 g/mol. The summed E-state index contributed by atoms with van der Waals surface area (Å²) in [5.74, 6) is 0.773. The van der Waals surface area contributed by atoms with Crippen LogP contribution in [0.15, 0.2) is 209 Å². The van der Waals surface area contributed by atoms with Gasteiger partial charge in [0.1, 0.15) is 35.4 Å². The molecule has 143 heavy (non-hydrogen) atoms. The molecular formula is C89H107B2Br5IN17NaO23S5. The number of nitro groups is 2. The van der Waals surface area contributed by atoms with Crippen LogP contribution in [0.25, 0.3) is 0 Å². The quantitative estimate of drug-likeness (QED) is 0.0101. The minimum Gasteiger partial charge on any atom is -0.773 e. The van der Waals surface area contributed by atoms with Crippen LogP contribution < -0.4 is 85.7 Å². The number of carbonyl (C=O) groups excluding carboxylic acids is 1. The first kappa shape index (κ1) is 133. The summed E-state index contributed by atoms with van der Waals surface area (Å²) >= 11 is 16.2. The van der Waals surface area contributed by atoms with Crippen LogP contribution in [0.1, 0.15) is 132 Å². The predicted octanol–water partition coefficient (Wildman–Crippen LogP) is 10.6. The van der Waals surface area contributed by atoms with E-state index in [1.54, 1.807) is 126 Å². The number of ether oxygens (including phenoxy) is 1. The van der Waals surface area contributed by atoms with Crippen molar-refractivity contribution in [2.24, 2.45) is 14.1 Å². The molecule has 0 spiro atoms. The fourth-order valence-electron chi connectivity index (χ4n) is 9.88. The number of pyridine rings is 5. The molecule has 0 bridgehead atoms. The molecule has 5 aromatic heterocycles. The molecule has 54 heteroatoms. The number of carbonyl (C=O) groups is 1. The van der Waals surface area contributed by atoms with Gasteiger partial charge in [0.15, 0.2) is 39.3 Å². The zero-order valence-corrected chi connectivity index (χ0v) is 97.4. The van der Waals surface area contributed by atoms with Crippen molar-refractivity contribution < 1.29 is 110 Å². The SMILES string of the molecule is CC1(C)OB(c2cc(CS(C)(=O)=O)ccc2N)OC1(C)C.CC1(C)O[B]OC1(C)C.CS(=O)(=O)Cc1ccc(N)c(I)c1.CS(=O)(=O)Cc1ccc(N)cc1.CS(=O)(=O)Cc1ccc([N+](=O)[O-])cc1.CS(=O)[O-].Cn1cc(Br)c(C#N)cc1=O.Cn1cc(Br)c(CNC(=O)OC(C)(C)C)cc1=O.N#Cc1cc(=O)[nH]cc1Br.N#Cc1cc(N)ncc1Br.N#Cc1ccnc(N)c1.O=[N+]([O-])c1ccc(CBr)cc1.[Na+]. The van der Waals surface area contributed by atoms with Crippen molar-refractivity contribution in [2.75, 3.05) is 59.9 Å². The Bertz CT molecular complexity index is 6850. The Morgan fingerprint density at radius 2 is 0.958 bits per heavy atom. The molecule has 1 radical (unpaired) electrons. The van der Waals surface area contributed by atoms with E-state index in [9.17, 15) is 73.1 Å². The maximum Gasteiger partial charge on any atom is 1.00 e. The van der Waals surface area contributed by atoms with E-state index in [-0.39, 0.29) is 98.4 Å². The van der Waals surface area contributed by atoms with E-state index >= 15 is 0 Å². The molecule has 1 unspecified atom stereocenters. The van der Waals surface area contributed by atoms with Crippen LogP contribution in [0.5, 0.6) is 0 Å². The summed E-state index contributed by atoms with van der Waals surface area (Å²) in [4.78, 5) is 73.9. The van der Waals surface area contributed by atoms with E-state index in [0.717, 1.165) is 42.6 Å². The van der Waals surface area contributed by atoms with Crippen LogP contribution in [0.4, 0.5) is 44.9 Å². The number of aromatic amines is 1. The minimum atomic E-state index is -3.10. The maximum atomic E-state index is 11.5. The number of nitrogens with two attached hydrogens (primary N) is 5. The molecule has 10 aromatic rings. The van der Waals surface area contributed by atoms with Crippen molar-refractivity contribution >= 4 is 219 Å². The van der Waals surface area contributed by atoms with Gasteiger partial charge in [-0.15, -0.1) is 0 Å².